The summed E-state index contributed by atoms with van der Waals surface area (Å²) in [6, 6.07) is 0. The summed E-state index contributed by atoms with van der Waals surface area (Å²) in [7, 11) is 2.56. The van der Waals surface area contributed by atoms with Gasteiger partial charge in [0.2, 0.25) is 0 Å². The molecule has 4 nitrogen and oxygen atoms in total. The molecule has 98 valence electrons. The molecule has 18 heavy (non-hydrogen) atoms. The molecule has 1 saturated carbocycles. The van der Waals surface area contributed by atoms with Crippen LogP contribution in [0.15, 0.2) is 22.8 Å². The molecule has 0 amide bonds. The molecule has 2 rings (SSSR count). The lowest BCUT2D eigenvalue weighted by atomic mass is 9.69. The zero-order chi connectivity index (χ0) is 13.3. The number of hydrogen-bond donors (Lipinski definition) is 0. The molecular formula is C14H18O4. The normalized spacial score (nSPS) is 24.8. The summed E-state index contributed by atoms with van der Waals surface area (Å²) in [6.07, 6.45) is 5.10. The van der Waals surface area contributed by atoms with Gasteiger partial charge in [-0.2, -0.15) is 0 Å². The van der Waals surface area contributed by atoms with E-state index >= 15 is 0 Å². The van der Waals surface area contributed by atoms with Crippen molar-refractivity contribution >= 4 is 11.9 Å². The van der Waals surface area contributed by atoms with Gasteiger partial charge in [-0.3, -0.25) is 0 Å². The molecule has 0 aromatic heterocycles. The third kappa shape index (κ3) is 1.96. The van der Waals surface area contributed by atoms with Crippen molar-refractivity contribution in [3.05, 3.63) is 22.8 Å². The Morgan fingerprint density at radius 1 is 1.22 bits per heavy atom. The van der Waals surface area contributed by atoms with Gasteiger partial charge in [0.1, 0.15) is 5.57 Å². The van der Waals surface area contributed by atoms with E-state index in [1.807, 2.05) is 0 Å². The van der Waals surface area contributed by atoms with Gasteiger partial charge in [0.15, 0.2) is 0 Å². The molecule has 1 unspecified atom stereocenters. The Hall–Kier alpha value is -1.58. The summed E-state index contributed by atoms with van der Waals surface area (Å²) in [5, 5.41) is 0. The molecular weight excluding hydrogens is 232 g/mol. The van der Waals surface area contributed by atoms with Crippen molar-refractivity contribution in [1.82, 2.24) is 0 Å². The van der Waals surface area contributed by atoms with Gasteiger partial charge < -0.3 is 9.47 Å². The lowest BCUT2D eigenvalue weighted by Crippen LogP contribution is -2.30. The van der Waals surface area contributed by atoms with Gasteiger partial charge in [-0.05, 0) is 30.8 Å². The Labute approximate surface area is 107 Å². The van der Waals surface area contributed by atoms with Crippen molar-refractivity contribution in [2.75, 3.05) is 14.2 Å². The van der Waals surface area contributed by atoms with E-state index in [2.05, 4.69) is 22.5 Å². The average Bonchev–Trinajstić information content (AvgIpc) is 2.70. The topological polar surface area (TPSA) is 52.6 Å². The molecule has 0 bridgehead atoms. The standard InChI is InChI=1S/C14H18O4/c1-4-8-5-9-7-11(10(9)6-8)12(13(15)17-2)14(16)18-3/h6,9-10H,4-5,7H2,1-3H3/t9-,10?/m1/s1. The highest BCUT2D eigenvalue weighted by Crippen LogP contribution is 2.51. The molecule has 0 N–H and O–H groups in total. The van der Waals surface area contributed by atoms with Gasteiger partial charge in [-0.1, -0.05) is 18.6 Å². The van der Waals surface area contributed by atoms with Crippen LogP contribution >= 0.6 is 0 Å². The van der Waals surface area contributed by atoms with Crippen LogP contribution in [0.2, 0.25) is 0 Å². The zero-order valence-electron chi connectivity index (χ0n) is 11.0. The number of allylic oxidation sites excluding steroid dienone is 3. The van der Waals surface area contributed by atoms with Crippen LogP contribution in [0, 0.1) is 11.8 Å². The molecule has 4 heteroatoms. The molecule has 2 aliphatic rings. The largest absolute Gasteiger partial charge is 0.465 e. The number of ether oxygens (including phenoxy) is 2. The molecule has 0 spiro atoms. The number of carbonyl (C=O) groups is 2. The number of esters is 2. The number of rotatable bonds is 3. The maximum atomic E-state index is 11.7. The Morgan fingerprint density at radius 3 is 2.33 bits per heavy atom. The highest BCUT2D eigenvalue weighted by Gasteiger charge is 2.43. The van der Waals surface area contributed by atoms with Gasteiger partial charge >= 0.3 is 11.9 Å². The van der Waals surface area contributed by atoms with Crippen LogP contribution in [0.1, 0.15) is 26.2 Å². The van der Waals surface area contributed by atoms with E-state index in [1.165, 1.54) is 19.8 Å². The van der Waals surface area contributed by atoms with Crippen LogP contribution in [-0.2, 0) is 19.1 Å². The predicted molar refractivity (Wildman–Crippen MR) is 65.6 cm³/mol. The van der Waals surface area contributed by atoms with Crippen molar-refractivity contribution in [1.29, 1.82) is 0 Å². The average molecular weight is 250 g/mol. The summed E-state index contributed by atoms with van der Waals surface area (Å²) in [5.74, 6) is -0.394. The first-order valence-electron chi connectivity index (χ1n) is 6.21. The summed E-state index contributed by atoms with van der Waals surface area (Å²) in [5.41, 5.74) is 2.38. The van der Waals surface area contributed by atoms with Crippen LogP contribution in [0.5, 0.6) is 0 Å². The molecule has 0 saturated heterocycles. The van der Waals surface area contributed by atoms with Gasteiger partial charge in [0.05, 0.1) is 14.2 Å². The fraction of sp³-hybridized carbons (Fsp3) is 0.571. The van der Waals surface area contributed by atoms with Crippen molar-refractivity contribution in [3.63, 3.8) is 0 Å². The van der Waals surface area contributed by atoms with E-state index in [4.69, 9.17) is 0 Å². The van der Waals surface area contributed by atoms with Crippen LogP contribution in [0.4, 0.5) is 0 Å². The minimum atomic E-state index is -0.589. The maximum Gasteiger partial charge on any atom is 0.345 e. The molecule has 0 aliphatic heterocycles. The van der Waals surface area contributed by atoms with E-state index in [0.717, 1.165) is 24.8 Å². The smallest absolute Gasteiger partial charge is 0.345 e. The summed E-state index contributed by atoms with van der Waals surface area (Å²) in [4.78, 5) is 23.4. The van der Waals surface area contributed by atoms with Crippen molar-refractivity contribution in [2.24, 2.45) is 11.8 Å². The lowest BCUT2D eigenvalue weighted by Gasteiger charge is -2.35. The first kappa shape index (κ1) is 12.9. The van der Waals surface area contributed by atoms with Crippen LogP contribution in [0.3, 0.4) is 0 Å². The Morgan fingerprint density at radius 2 is 1.83 bits per heavy atom. The molecule has 1 fully saturated rings. The molecule has 2 atom stereocenters. The van der Waals surface area contributed by atoms with Crippen molar-refractivity contribution in [2.45, 2.75) is 26.2 Å². The first-order valence-corrected chi connectivity index (χ1v) is 6.21. The van der Waals surface area contributed by atoms with Gasteiger partial charge in [-0.15, -0.1) is 0 Å². The Kier molecular flexibility index (Phi) is 3.55. The highest BCUT2D eigenvalue weighted by molar-refractivity contribution is 6.15. The second-order valence-corrected chi connectivity index (χ2v) is 4.76. The second-order valence-electron chi connectivity index (χ2n) is 4.76. The van der Waals surface area contributed by atoms with Crippen LogP contribution in [-0.4, -0.2) is 26.2 Å². The third-order valence-corrected chi connectivity index (χ3v) is 3.89. The third-order valence-electron chi connectivity index (χ3n) is 3.89. The summed E-state index contributed by atoms with van der Waals surface area (Å²) < 4.78 is 9.35. The van der Waals surface area contributed by atoms with E-state index in [0.29, 0.717) is 5.92 Å². The maximum absolute atomic E-state index is 11.7. The molecule has 0 radical (unpaired) electrons. The minimum absolute atomic E-state index is 0.0925. The lowest BCUT2D eigenvalue weighted by molar-refractivity contribution is -0.144. The quantitative estimate of drug-likeness (QED) is 0.253. The zero-order valence-corrected chi connectivity index (χ0v) is 11.0. The van der Waals surface area contributed by atoms with Crippen LogP contribution in [0.25, 0.3) is 0 Å². The van der Waals surface area contributed by atoms with E-state index in [-0.39, 0.29) is 11.5 Å². The minimum Gasteiger partial charge on any atom is -0.465 e. The Balaban J connectivity index is 2.31. The number of carbonyl (C=O) groups excluding carboxylic acids is 2. The molecule has 2 aliphatic carbocycles. The summed E-state index contributed by atoms with van der Waals surface area (Å²) in [6.45, 7) is 2.13. The van der Waals surface area contributed by atoms with E-state index in [9.17, 15) is 9.59 Å². The molecule has 0 aromatic carbocycles. The van der Waals surface area contributed by atoms with E-state index in [1.54, 1.807) is 0 Å². The fourth-order valence-electron chi connectivity index (χ4n) is 2.84. The summed E-state index contributed by atoms with van der Waals surface area (Å²) >= 11 is 0. The Bertz CT molecular complexity index is 427. The highest BCUT2D eigenvalue weighted by atomic mass is 16.5. The molecule has 0 heterocycles. The monoisotopic (exact) mass is 250 g/mol. The number of hydrogen-bond acceptors (Lipinski definition) is 4. The number of fused-ring (bicyclic) bond motifs is 1. The fourth-order valence-corrected chi connectivity index (χ4v) is 2.84. The van der Waals surface area contributed by atoms with Gasteiger partial charge in [0, 0.05) is 5.92 Å². The first-order chi connectivity index (χ1) is 8.62. The number of methoxy groups -OCH3 is 2. The SMILES string of the molecule is CCC1=CC2C(=C(C(=O)OC)C(=O)OC)C[C@H]2C1. The van der Waals surface area contributed by atoms with E-state index < -0.39 is 11.9 Å². The van der Waals surface area contributed by atoms with Gasteiger partial charge in [-0.25, -0.2) is 9.59 Å². The van der Waals surface area contributed by atoms with Crippen molar-refractivity contribution in [3.8, 4) is 0 Å². The molecule has 0 aromatic rings. The van der Waals surface area contributed by atoms with Crippen molar-refractivity contribution < 1.29 is 19.1 Å². The second kappa shape index (κ2) is 4.96. The predicted octanol–water partition coefficient (Wildman–Crippen LogP) is 2.01. The van der Waals surface area contributed by atoms with Gasteiger partial charge in [0.25, 0.3) is 0 Å². The van der Waals surface area contributed by atoms with Crippen LogP contribution < -0.4 is 0 Å².